The van der Waals surface area contributed by atoms with Crippen molar-refractivity contribution in [3.63, 3.8) is 0 Å². The first kappa shape index (κ1) is 13.8. The Kier molecular flexibility index (Phi) is 4.37. The minimum Gasteiger partial charge on any atom is -0.387 e. The van der Waals surface area contributed by atoms with Crippen LogP contribution in [0.4, 0.5) is 4.79 Å². The molecular formula is C12H24N4O. The summed E-state index contributed by atoms with van der Waals surface area (Å²) in [7, 11) is 0. The lowest BCUT2D eigenvalue weighted by atomic mass is 9.92. The molecule has 1 unspecified atom stereocenters. The van der Waals surface area contributed by atoms with Gasteiger partial charge in [0.05, 0.1) is 5.84 Å². The van der Waals surface area contributed by atoms with Gasteiger partial charge in [0.15, 0.2) is 0 Å². The van der Waals surface area contributed by atoms with E-state index in [-0.39, 0.29) is 11.9 Å². The minimum atomic E-state index is -0.475. The molecule has 0 aromatic heterocycles. The molecule has 1 saturated heterocycles. The molecule has 1 rings (SSSR count). The summed E-state index contributed by atoms with van der Waals surface area (Å²) >= 11 is 0. The summed E-state index contributed by atoms with van der Waals surface area (Å²) in [4.78, 5) is 13.8. The first-order valence-electron chi connectivity index (χ1n) is 6.20. The van der Waals surface area contributed by atoms with Crippen LogP contribution in [0.15, 0.2) is 0 Å². The van der Waals surface area contributed by atoms with Crippen LogP contribution in [-0.4, -0.2) is 36.4 Å². The molecule has 1 heterocycles. The number of nitrogens with zero attached hydrogens (tertiary/aromatic N) is 1. The van der Waals surface area contributed by atoms with Crippen LogP contribution in [0.25, 0.3) is 0 Å². The fourth-order valence-electron chi connectivity index (χ4n) is 1.88. The van der Waals surface area contributed by atoms with Gasteiger partial charge in [-0.15, -0.1) is 0 Å². The van der Waals surface area contributed by atoms with E-state index in [0.29, 0.717) is 12.5 Å². The van der Waals surface area contributed by atoms with E-state index in [1.165, 1.54) is 6.42 Å². The molecule has 0 aromatic carbocycles. The Labute approximate surface area is 103 Å². The van der Waals surface area contributed by atoms with Crippen molar-refractivity contribution in [3.8, 4) is 0 Å². The maximum Gasteiger partial charge on any atom is 0.317 e. The number of nitrogens with one attached hydrogen (secondary N) is 2. The molecule has 5 heteroatoms. The number of amides is 2. The number of rotatable bonds is 3. The average Bonchev–Trinajstić information content (AvgIpc) is 2.25. The van der Waals surface area contributed by atoms with Gasteiger partial charge in [0.25, 0.3) is 0 Å². The number of likely N-dealkylation sites (tertiary alicyclic amines) is 1. The van der Waals surface area contributed by atoms with Gasteiger partial charge in [-0.25, -0.2) is 4.79 Å². The number of carbonyl (C=O) groups excluding carboxylic acids is 1. The van der Waals surface area contributed by atoms with E-state index in [4.69, 9.17) is 11.1 Å². The van der Waals surface area contributed by atoms with Crippen LogP contribution in [0.3, 0.4) is 0 Å². The summed E-state index contributed by atoms with van der Waals surface area (Å²) in [5.41, 5.74) is 5.00. The minimum absolute atomic E-state index is 0.0362. The number of urea groups is 1. The molecular weight excluding hydrogens is 216 g/mol. The zero-order valence-corrected chi connectivity index (χ0v) is 11.0. The van der Waals surface area contributed by atoms with E-state index < -0.39 is 5.41 Å². The van der Waals surface area contributed by atoms with Gasteiger partial charge < -0.3 is 16.0 Å². The molecule has 0 spiro atoms. The standard InChI is InChI=1S/C12H24N4O/c1-9-5-4-6-16(7-9)11(17)15-8-12(2,3)10(13)14/h9H,4-8H2,1-3H3,(H3,13,14)(H,15,17). The van der Waals surface area contributed by atoms with Crippen molar-refractivity contribution in [2.24, 2.45) is 17.1 Å². The van der Waals surface area contributed by atoms with Gasteiger partial charge in [0.1, 0.15) is 0 Å². The van der Waals surface area contributed by atoms with E-state index in [9.17, 15) is 4.79 Å². The molecule has 1 aliphatic rings. The molecule has 0 aromatic rings. The molecule has 0 radical (unpaired) electrons. The normalized spacial score (nSPS) is 21.1. The highest BCUT2D eigenvalue weighted by Gasteiger charge is 2.25. The third kappa shape index (κ3) is 3.91. The van der Waals surface area contributed by atoms with Gasteiger partial charge in [-0.2, -0.15) is 0 Å². The Balaban J connectivity index is 2.41. The van der Waals surface area contributed by atoms with Crippen molar-refractivity contribution in [1.29, 1.82) is 5.41 Å². The molecule has 0 saturated carbocycles. The van der Waals surface area contributed by atoms with Crippen molar-refractivity contribution in [1.82, 2.24) is 10.2 Å². The molecule has 5 nitrogen and oxygen atoms in total. The number of hydrogen-bond donors (Lipinski definition) is 3. The Morgan fingerprint density at radius 3 is 2.76 bits per heavy atom. The Morgan fingerprint density at radius 1 is 1.59 bits per heavy atom. The van der Waals surface area contributed by atoms with Gasteiger partial charge in [-0.3, -0.25) is 5.41 Å². The molecule has 1 atom stereocenters. The number of amidine groups is 1. The summed E-state index contributed by atoms with van der Waals surface area (Å²) in [6.07, 6.45) is 2.27. The predicted octanol–water partition coefficient (Wildman–Crippen LogP) is 1.39. The van der Waals surface area contributed by atoms with Crippen LogP contribution in [0.5, 0.6) is 0 Å². The number of hydrogen-bond acceptors (Lipinski definition) is 2. The molecule has 2 amide bonds. The van der Waals surface area contributed by atoms with Gasteiger partial charge in [-0.05, 0) is 18.8 Å². The summed E-state index contributed by atoms with van der Waals surface area (Å²) in [5, 5.41) is 10.3. The van der Waals surface area contributed by atoms with Gasteiger partial charge in [-0.1, -0.05) is 20.8 Å². The van der Waals surface area contributed by atoms with Crippen molar-refractivity contribution in [2.75, 3.05) is 19.6 Å². The zero-order chi connectivity index (χ0) is 13.1. The van der Waals surface area contributed by atoms with Crippen LogP contribution in [-0.2, 0) is 0 Å². The van der Waals surface area contributed by atoms with Crippen LogP contribution in [0, 0.1) is 16.7 Å². The van der Waals surface area contributed by atoms with Crippen LogP contribution in [0.1, 0.15) is 33.6 Å². The van der Waals surface area contributed by atoms with Crippen LogP contribution < -0.4 is 11.1 Å². The van der Waals surface area contributed by atoms with E-state index in [2.05, 4.69) is 12.2 Å². The van der Waals surface area contributed by atoms with Gasteiger partial charge in [0, 0.05) is 25.0 Å². The Bertz CT molecular complexity index is 301. The van der Waals surface area contributed by atoms with Crippen LogP contribution >= 0.6 is 0 Å². The van der Waals surface area contributed by atoms with Crippen molar-refractivity contribution in [2.45, 2.75) is 33.6 Å². The highest BCUT2D eigenvalue weighted by atomic mass is 16.2. The van der Waals surface area contributed by atoms with E-state index in [0.717, 1.165) is 19.5 Å². The van der Waals surface area contributed by atoms with Crippen molar-refractivity contribution >= 4 is 11.9 Å². The van der Waals surface area contributed by atoms with Crippen molar-refractivity contribution in [3.05, 3.63) is 0 Å². The first-order valence-corrected chi connectivity index (χ1v) is 6.20. The lowest BCUT2D eigenvalue weighted by Gasteiger charge is -2.32. The maximum absolute atomic E-state index is 11.9. The second-order valence-corrected chi connectivity index (χ2v) is 5.65. The zero-order valence-electron chi connectivity index (χ0n) is 11.0. The third-order valence-corrected chi connectivity index (χ3v) is 3.35. The van der Waals surface area contributed by atoms with Gasteiger partial charge in [0.2, 0.25) is 0 Å². The highest BCUT2D eigenvalue weighted by molar-refractivity contribution is 5.84. The number of nitrogens with two attached hydrogens (primary N) is 1. The van der Waals surface area contributed by atoms with E-state index >= 15 is 0 Å². The first-order chi connectivity index (χ1) is 7.83. The largest absolute Gasteiger partial charge is 0.387 e. The number of carbonyl (C=O) groups is 1. The maximum atomic E-state index is 11.9. The Morgan fingerprint density at radius 2 is 2.24 bits per heavy atom. The van der Waals surface area contributed by atoms with Gasteiger partial charge >= 0.3 is 6.03 Å². The molecule has 1 fully saturated rings. The molecule has 98 valence electrons. The molecule has 17 heavy (non-hydrogen) atoms. The molecule has 0 bridgehead atoms. The Hall–Kier alpha value is -1.26. The highest BCUT2D eigenvalue weighted by Crippen LogP contribution is 2.16. The quantitative estimate of drug-likeness (QED) is 0.514. The molecule has 0 aliphatic carbocycles. The fourth-order valence-corrected chi connectivity index (χ4v) is 1.88. The molecule has 4 N–H and O–H groups in total. The molecule has 1 aliphatic heterocycles. The second-order valence-electron chi connectivity index (χ2n) is 5.65. The fraction of sp³-hybridized carbons (Fsp3) is 0.833. The average molecular weight is 240 g/mol. The summed E-state index contributed by atoms with van der Waals surface area (Å²) in [6.45, 7) is 7.94. The topological polar surface area (TPSA) is 82.2 Å². The summed E-state index contributed by atoms with van der Waals surface area (Å²) in [5.74, 6) is 0.681. The van der Waals surface area contributed by atoms with Crippen LogP contribution in [0.2, 0.25) is 0 Å². The SMILES string of the molecule is CC1CCCN(C(=O)NCC(C)(C)C(=N)N)C1. The van der Waals surface area contributed by atoms with Crippen molar-refractivity contribution < 1.29 is 4.79 Å². The lowest BCUT2D eigenvalue weighted by Crippen LogP contribution is -2.49. The summed E-state index contributed by atoms with van der Waals surface area (Å²) in [6, 6.07) is -0.0362. The van der Waals surface area contributed by atoms with E-state index in [1.807, 2.05) is 18.7 Å². The summed E-state index contributed by atoms with van der Waals surface area (Å²) < 4.78 is 0. The number of piperidine rings is 1. The smallest absolute Gasteiger partial charge is 0.317 e. The lowest BCUT2D eigenvalue weighted by molar-refractivity contribution is 0.167. The monoisotopic (exact) mass is 240 g/mol. The van der Waals surface area contributed by atoms with E-state index in [1.54, 1.807) is 0 Å². The third-order valence-electron chi connectivity index (χ3n) is 3.35. The second kappa shape index (κ2) is 5.38. The predicted molar refractivity (Wildman–Crippen MR) is 69.1 cm³/mol.